The average molecular weight is 813 g/mol. The van der Waals surface area contributed by atoms with Crippen LogP contribution in [0.5, 0.6) is 0 Å². The van der Waals surface area contributed by atoms with Crippen LogP contribution in [0.15, 0.2) is 146 Å². The molecule has 0 bridgehead atoms. The molecule has 0 unspecified atom stereocenters. The molecular weight excluding hydrogens is 777 g/mol. The molecule has 4 heteroatoms. The second-order valence-electron chi connectivity index (χ2n) is 17.1. The molecule has 0 fully saturated rings. The third-order valence-electron chi connectivity index (χ3n) is 13.4. The van der Waals surface area contributed by atoms with Gasteiger partial charge in [-0.3, -0.25) is 0 Å². The first kappa shape index (κ1) is 38.1. The highest BCUT2D eigenvalue weighted by atomic mass is 14.6. The number of aryl methyl sites for hydroxylation is 4. The van der Waals surface area contributed by atoms with Gasteiger partial charge in [-0.15, -0.1) is 0 Å². The van der Waals surface area contributed by atoms with Crippen LogP contribution < -0.4 is 0 Å². The first-order valence-electron chi connectivity index (χ1n) is 21.3. The van der Waals surface area contributed by atoms with Gasteiger partial charge in [0.2, 0.25) is 0 Å². The van der Waals surface area contributed by atoms with E-state index in [1.54, 1.807) is 0 Å². The number of hydrogen-bond acceptors (Lipinski definition) is 3. The zero-order chi connectivity index (χ0) is 44.0. The van der Waals surface area contributed by atoms with Gasteiger partial charge in [0.25, 0.3) is 0 Å². The minimum absolute atomic E-state index is 0.569. The summed E-state index contributed by atoms with van der Waals surface area (Å²) in [5.41, 5.74) is 20.5. The molecule has 0 atom stereocenters. The van der Waals surface area contributed by atoms with Crippen molar-refractivity contribution in [1.29, 1.82) is 15.8 Å². The van der Waals surface area contributed by atoms with Crippen molar-refractivity contribution in [2.45, 2.75) is 27.7 Å². The van der Waals surface area contributed by atoms with Crippen molar-refractivity contribution < 1.29 is 0 Å². The predicted molar refractivity (Wildman–Crippen MR) is 262 cm³/mol. The highest BCUT2D eigenvalue weighted by molar-refractivity contribution is 6.28. The number of fused-ring (bicyclic) bond motifs is 8. The van der Waals surface area contributed by atoms with Crippen molar-refractivity contribution in [2.75, 3.05) is 0 Å². The minimum atomic E-state index is 0.569. The summed E-state index contributed by atoms with van der Waals surface area (Å²) in [7, 11) is 0. The van der Waals surface area contributed by atoms with Gasteiger partial charge in [0.15, 0.2) is 5.69 Å². The van der Waals surface area contributed by atoms with Gasteiger partial charge in [0.1, 0.15) is 0 Å². The summed E-state index contributed by atoms with van der Waals surface area (Å²) >= 11 is 0. The van der Waals surface area contributed by atoms with E-state index in [9.17, 15) is 15.8 Å². The third-order valence-corrected chi connectivity index (χ3v) is 13.4. The van der Waals surface area contributed by atoms with Gasteiger partial charge in [-0.1, -0.05) is 78.9 Å². The molecule has 0 aromatic heterocycles. The summed E-state index contributed by atoms with van der Waals surface area (Å²) in [6.45, 7) is 16.4. The molecule has 0 saturated carbocycles. The maximum absolute atomic E-state index is 9.83. The monoisotopic (exact) mass is 812 g/mol. The van der Waals surface area contributed by atoms with E-state index in [4.69, 9.17) is 6.57 Å². The maximum atomic E-state index is 9.83. The normalized spacial score (nSPS) is 11.4. The molecule has 0 N–H and O–H groups in total. The Morgan fingerprint density at radius 3 is 1.45 bits per heavy atom. The van der Waals surface area contributed by atoms with E-state index in [1.807, 2.05) is 73.7 Å². The molecule has 0 saturated heterocycles. The summed E-state index contributed by atoms with van der Waals surface area (Å²) in [6, 6.07) is 57.6. The Hall–Kier alpha value is -8.80. The van der Waals surface area contributed by atoms with Crippen LogP contribution in [0, 0.1) is 68.3 Å². The van der Waals surface area contributed by atoms with Crippen LogP contribution in [0.4, 0.5) is 5.69 Å². The Morgan fingerprint density at radius 1 is 0.359 bits per heavy atom. The topological polar surface area (TPSA) is 75.7 Å². The Labute approximate surface area is 371 Å². The second-order valence-corrected chi connectivity index (χ2v) is 17.1. The Bertz CT molecular complexity index is 3890. The van der Waals surface area contributed by atoms with Crippen molar-refractivity contribution >= 4 is 48.8 Å². The molecule has 11 rings (SSSR count). The summed E-state index contributed by atoms with van der Waals surface area (Å²) in [4.78, 5) is 3.83. The third kappa shape index (κ3) is 5.72. The van der Waals surface area contributed by atoms with Gasteiger partial charge in [-0.25, -0.2) is 4.85 Å². The molecule has 0 heterocycles. The van der Waals surface area contributed by atoms with Gasteiger partial charge < -0.3 is 0 Å². The van der Waals surface area contributed by atoms with Crippen LogP contribution in [0.1, 0.15) is 38.9 Å². The molecular formula is C60H36N4. The lowest BCUT2D eigenvalue weighted by molar-refractivity contribution is 1.38. The standard InChI is InChI=1S/C60H36N4/c1-33-21-38(31-62)11-16-43(33)51-27-57-53(45-18-15-42(64-5)25-50(45)51)26-52(44-17-12-39(32-63)22-34(44)2)56-29-55-49-20-19-48(46-7-6-8-47(60(46)49)54(55)28-58(56)57)59-35(3)23-41(24-36(59)4)40-13-9-37(30-61)10-14-40/h6-29H,1-4H3. The van der Waals surface area contributed by atoms with Gasteiger partial charge >= 0.3 is 0 Å². The summed E-state index contributed by atoms with van der Waals surface area (Å²) < 4.78 is 0. The van der Waals surface area contributed by atoms with E-state index in [1.165, 1.54) is 55.3 Å². The fraction of sp³-hybridized carbons (Fsp3) is 0.0667. The summed E-state index contributed by atoms with van der Waals surface area (Å²) in [5.74, 6) is 0. The van der Waals surface area contributed by atoms with E-state index >= 15 is 0 Å². The lowest BCUT2D eigenvalue weighted by Gasteiger charge is -2.19. The molecule has 0 spiro atoms. The van der Waals surface area contributed by atoms with Gasteiger partial charge in [0, 0.05) is 0 Å². The zero-order valence-corrected chi connectivity index (χ0v) is 35.6. The zero-order valence-electron chi connectivity index (χ0n) is 35.6. The smallest absolute Gasteiger partial charge is 0.187 e. The molecule has 0 amide bonds. The Balaban J connectivity index is 1.19. The van der Waals surface area contributed by atoms with Gasteiger partial charge in [-0.2, -0.15) is 15.8 Å². The molecule has 4 nitrogen and oxygen atoms in total. The van der Waals surface area contributed by atoms with Crippen LogP contribution in [-0.2, 0) is 0 Å². The highest BCUT2D eigenvalue weighted by Crippen LogP contribution is 2.53. The summed E-state index contributed by atoms with van der Waals surface area (Å²) in [5, 5.41) is 37.8. The summed E-state index contributed by atoms with van der Waals surface area (Å²) in [6.07, 6.45) is 0. The van der Waals surface area contributed by atoms with Crippen LogP contribution in [0.2, 0.25) is 0 Å². The van der Waals surface area contributed by atoms with E-state index < -0.39 is 0 Å². The molecule has 0 radical (unpaired) electrons. The van der Waals surface area contributed by atoms with Crippen LogP contribution in [0.25, 0.3) is 115 Å². The molecule has 1 aliphatic carbocycles. The lowest BCUT2D eigenvalue weighted by atomic mass is 9.84. The maximum Gasteiger partial charge on any atom is 0.187 e. The number of rotatable bonds is 4. The van der Waals surface area contributed by atoms with Crippen molar-refractivity contribution in [2.24, 2.45) is 0 Å². The second kappa shape index (κ2) is 14.4. The van der Waals surface area contributed by atoms with Crippen molar-refractivity contribution in [3.05, 3.63) is 196 Å². The molecule has 1 aliphatic rings. The molecule has 0 aliphatic heterocycles. The van der Waals surface area contributed by atoms with E-state index in [2.05, 4.69) is 123 Å². The van der Waals surface area contributed by atoms with E-state index in [0.29, 0.717) is 22.4 Å². The number of nitrogens with zero attached hydrogens (tertiary/aromatic N) is 4. The van der Waals surface area contributed by atoms with E-state index in [0.717, 1.165) is 76.8 Å². The number of hydrogen-bond donors (Lipinski definition) is 0. The highest BCUT2D eigenvalue weighted by Gasteiger charge is 2.27. The SMILES string of the molecule is [C-]#[N+]c1ccc2c(c1)c(-c1ccc(C#N)cc1C)cc1c3cc4c(cc3c(-c3ccc(C#N)cc3C)cc21)-c1ccc(-c2c(C)cc(-c3ccc(C#N)cc3)cc2C)c2cccc-4c12. The van der Waals surface area contributed by atoms with Crippen LogP contribution in [-0.4, -0.2) is 0 Å². The van der Waals surface area contributed by atoms with E-state index in [-0.39, 0.29) is 0 Å². The first-order valence-corrected chi connectivity index (χ1v) is 21.3. The van der Waals surface area contributed by atoms with Crippen LogP contribution >= 0.6 is 0 Å². The predicted octanol–water partition coefficient (Wildman–Crippen LogP) is 16.0. The molecule has 64 heavy (non-hydrogen) atoms. The largest absolute Gasteiger partial charge is 0.238 e. The fourth-order valence-electron chi connectivity index (χ4n) is 10.5. The number of nitriles is 3. The Kier molecular flexibility index (Phi) is 8.58. The average Bonchev–Trinajstić information content (AvgIpc) is 3.63. The molecule has 10 aromatic carbocycles. The van der Waals surface area contributed by atoms with Crippen LogP contribution in [0.3, 0.4) is 0 Å². The molecule has 10 aromatic rings. The molecule has 296 valence electrons. The quantitative estimate of drug-likeness (QED) is 0.131. The first-order chi connectivity index (χ1) is 31.2. The minimum Gasteiger partial charge on any atom is -0.238 e. The Morgan fingerprint density at radius 2 is 0.859 bits per heavy atom. The van der Waals surface area contributed by atoms with Crippen molar-refractivity contribution in [3.8, 4) is 85.0 Å². The lowest BCUT2D eigenvalue weighted by Crippen LogP contribution is -1.93. The van der Waals surface area contributed by atoms with Crippen molar-refractivity contribution in [3.63, 3.8) is 0 Å². The van der Waals surface area contributed by atoms with Gasteiger partial charge in [-0.05, 0) is 227 Å². The number of benzene rings is 10. The van der Waals surface area contributed by atoms with Crippen molar-refractivity contribution in [1.82, 2.24) is 0 Å². The van der Waals surface area contributed by atoms with Gasteiger partial charge in [0.05, 0.1) is 41.5 Å². The fourth-order valence-corrected chi connectivity index (χ4v) is 10.5.